The van der Waals surface area contributed by atoms with E-state index in [0.717, 1.165) is 12.4 Å². The van der Waals surface area contributed by atoms with Gasteiger partial charge in [-0.3, -0.25) is 9.58 Å². The molecule has 2 aliphatic rings. The van der Waals surface area contributed by atoms with Crippen molar-refractivity contribution in [3.05, 3.63) is 18.0 Å². The summed E-state index contributed by atoms with van der Waals surface area (Å²) in [6.45, 7) is 2.14. The zero-order chi connectivity index (χ0) is 13.1. The molecule has 1 aliphatic heterocycles. The summed E-state index contributed by atoms with van der Waals surface area (Å²) in [6.07, 6.45) is 11.4. The van der Waals surface area contributed by atoms with Gasteiger partial charge in [-0.2, -0.15) is 5.10 Å². The van der Waals surface area contributed by atoms with Crippen molar-refractivity contribution in [1.29, 1.82) is 0 Å². The molecule has 1 saturated heterocycles. The Bertz CT molecular complexity index is 398. The highest BCUT2D eigenvalue weighted by Crippen LogP contribution is 2.28. The number of hydrogen-bond acceptors (Lipinski definition) is 2. The van der Waals surface area contributed by atoms with Crippen molar-refractivity contribution in [2.75, 3.05) is 12.4 Å². The van der Waals surface area contributed by atoms with Gasteiger partial charge in [0.25, 0.3) is 0 Å². The van der Waals surface area contributed by atoms with E-state index in [1.807, 2.05) is 0 Å². The molecule has 2 heterocycles. The maximum Gasteiger partial charge on any atom is 0.0765 e. The zero-order valence-corrected chi connectivity index (χ0v) is 12.4. The van der Waals surface area contributed by atoms with E-state index in [1.165, 1.54) is 57.2 Å². The number of hydrogen-bond donors (Lipinski definition) is 0. The SMILES string of the molecule is ClCC1CCCN1Cc1ccn(C2CCCCC2)n1. The number of rotatable bonds is 4. The van der Waals surface area contributed by atoms with Crippen molar-refractivity contribution >= 4 is 11.6 Å². The summed E-state index contributed by atoms with van der Waals surface area (Å²) in [4.78, 5) is 2.49. The average molecular weight is 282 g/mol. The quantitative estimate of drug-likeness (QED) is 0.787. The van der Waals surface area contributed by atoms with Gasteiger partial charge in [-0.05, 0) is 38.3 Å². The van der Waals surface area contributed by atoms with Crippen LogP contribution in [0, 0.1) is 0 Å². The molecule has 3 nitrogen and oxygen atoms in total. The van der Waals surface area contributed by atoms with Gasteiger partial charge in [0.2, 0.25) is 0 Å². The second kappa shape index (κ2) is 6.27. The Morgan fingerprint density at radius 2 is 2.00 bits per heavy atom. The van der Waals surface area contributed by atoms with Gasteiger partial charge in [0.05, 0.1) is 11.7 Å². The Hall–Kier alpha value is -0.540. The van der Waals surface area contributed by atoms with Crippen molar-refractivity contribution in [2.45, 2.75) is 63.6 Å². The molecule has 1 aromatic heterocycles. The molecule has 1 aliphatic carbocycles. The van der Waals surface area contributed by atoms with Crippen molar-refractivity contribution in [3.63, 3.8) is 0 Å². The predicted molar refractivity (Wildman–Crippen MR) is 78.5 cm³/mol. The molecule has 1 unspecified atom stereocenters. The van der Waals surface area contributed by atoms with E-state index >= 15 is 0 Å². The van der Waals surface area contributed by atoms with Gasteiger partial charge >= 0.3 is 0 Å². The summed E-state index contributed by atoms with van der Waals surface area (Å²) in [6, 6.07) is 3.39. The van der Waals surface area contributed by atoms with Crippen LogP contribution in [-0.4, -0.2) is 33.1 Å². The molecule has 1 atom stereocenters. The molecular weight excluding hydrogens is 258 g/mol. The summed E-state index contributed by atoms with van der Waals surface area (Å²) in [5.74, 6) is 0.753. The second-order valence-electron chi connectivity index (χ2n) is 6.00. The fourth-order valence-corrected chi connectivity index (χ4v) is 3.85. The molecule has 3 rings (SSSR count). The fourth-order valence-electron chi connectivity index (χ4n) is 3.50. The molecule has 106 valence electrons. The lowest BCUT2D eigenvalue weighted by Gasteiger charge is -2.23. The molecule has 0 aromatic carbocycles. The summed E-state index contributed by atoms with van der Waals surface area (Å²) >= 11 is 6.03. The van der Waals surface area contributed by atoms with Crippen LogP contribution < -0.4 is 0 Å². The molecule has 1 aromatic rings. The van der Waals surface area contributed by atoms with Crippen LogP contribution in [0.15, 0.2) is 12.3 Å². The minimum Gasteiger partial charge on any atom is -0.293 e. The third kappa shape index (κ3) is 3.14. The highest BCUT2D eigenvalue weighted by Gasteiger charge is 2.24. The summed E-state index contributed by atoms with van der Waals surface area (Å²) < 4.78 is 2.21. The van der Waals surface area contributed by atoms with Gasteiger partial charge < -0.3 is 0 Å². The molecule has 1 saturated carbocycles. The molecule has 4 heteroatoms. The predicted octanol–water partition coefficient (Wildman–Crippen LogP) is 3.59. The monoisotopic (exact) mass is 281 g/mol. The highest BCUT2D eigenvalue weighted by atomic mass is 35.5. The molecule has 0 radical (unpaired) electrons. The van der Waals surface area contributed by atoms with Gasteiger partial charge in [0, 0.05) is 24.7 Å². The minimum absolute atomic E-state index is 0.557. The zero-order valence-electron chi connectivity index (χ0n) is 11.6. The van der Waals surface area contributed by atoms with E-state index in [1.54, 1.807) is 0 Å². The normalized spacial score (nSPS) is 26.1. The van der Waals surface area contributed by atoms with Crippen LogP contribution >= 0.6 is 11.6 Å². The first-order valence-corrected chi connectivity index (χ1v) is 8.24. The third-order valence-electron chi connectivity index (χ3n) is 4.65. The number of halogens is 1. The van der Waals surface area contributed by atoms with Crippen LogP contribution in [0.25, 0.3) is 0 Å². The highest BCUT2D eigenvalue weighted by molar-refractivity contribution is 6.18. The number of aromatic nitrogens is 2. The molecule has 19 heavy (non-hydrogen) atoms. The van der Waals surface area contributed by atoms with E-state index < -0.39 is 0 Å². The maximum absolute atomic E-state index is 6.03. The Morgan fingerprint density at radius 3 is 2.79 bits per heavy atom. The summed E-state index contributed by atoms with van der Waals surface area (Å²) in [5.41, 5.74) is 1.21. The standard InChI is InChI=1S/C15H24ClN3/c16-11-15-7-4-9-18(15)12-13-8-10-19(17-13)14-5-2-1-3-6-14/h8,10,14-15H,1-7,9,11-12H2. The van der Waals surface area contributed by atoms with Gasteiger partial charge in [0.1, 0.15) is 0 Å². The number of alkyl halides is 1. The van der Waals surface area contributed by atoms with Gasteiger partial charge in [-0.25, -0.2) is 0 Å². The van der Waals surface area contributed by atoms with Crippen LogP contribution in [-0.2, 0) is 6.54 Å². The van der Waals surface area contributed by atoms with E-state index in [9.17, 15) is 0 Å². The van der Waals surface area contributed by atoms with Crippen molar-refractivity contribution in [2.24, 2.45) is 0 Å². The molecule has 0 spiro atoms. The largest absolute Gasteiger partial charge is 0.293 e. The van der Waals surface area contributed by atoms with E-state index in [-0.39, 0.29) is 0 Å². The average Bonchev–Trinajstić information content (AvgIpc) is 3.09. The van der Waals surface area contributed by atoms with Crippen LogP contribution in [0.1, 0.15) is 56.7 Å². The molecule has 0 amide bonds. The number of likely N-dealkylation sites (tertiary alicyclic amines) is 1. The first-order chi connectivity index (χ1) is 9.36. The molecular formula is C15H24ClN3. The molecule has 2 fully saturated rings. The lowest BCUT2D eigenvalue weighted by atomic mass is 9.96. The van der Waals surface area contributed by atoms with E-state index in [4.69, 9.17) is 16.7 Å². The van der Waals surface area contributed by atoms with Crippen molar-refractivity contribution < 1.29 is 0 Å². The van der Waals surface area contributed by atoms with Crippen LogP contribution in [0.4, 0.5) is 0 Å². The third-order valence-corrected chi connectivity index (χ3v) is 5.01. The molecule has 0 bridgehead atoms. The Balaban J connectivity index is 1.61. The second-order valence-corrected chi connectivity index (χ2v) is 6.31. The smallest absolute Gasteiger partial charge is 0.0765 e. The maximum atomic E-state index is 6.03. The summed E-state index contributed by atoms with van der Waals surface area (Å²) in [5, 5.41) is 4.80. The number of nitrogens with zero attached hydrogens (tertiary/aromatic N) is 3. The summed E-state index contributed by atoms with van der Waals surface area (Å²) in [7, 11) is 0. The first kappa shape index (κ1) is 13.4. The Kier molecular flexibility index (Phi) is 4.44. The lowest BCUT2D eigenvalue weighted by Crippen LogP contribution is -2.30. The van der Waals surface area contributed by atoms with Crippen LogP contribution in [0.5, 0.6) is 0 Å². The Morgan fingerprint density at radius 1 is 1.16 bits per heavy atom. The topological polar surface area (TPSA) is 21.1 Å². The minimum atomic E-state index is 0.557. The van der Waals surface area contributed by atoms with E-state index in [0.29, 0.717) is 12.1 Å². The Labute approximate surface area is 120 Å². The van der Waals surface area contributed by atoms with Crippen molar-refractivity contribution in [1.82, 2.24) is 14.7 Å². The van der Waals surface area contributed by atoms with Gasteiger partial charge in [0.15, 0.2) is 0 Å². The van der Waals surface area contributed by atoms with Gasteiger partial charge in [-0.1, -0.05) is 19.3 Å². The van der Waals surface area contributed by atoms with Crippen LogP contribution in [0.2, 0.25) is 0 Å². The lowest BCUT2D eigenvalue weighted by molar-refractivity contribution is 0.256. The fraction of sp³-hybridized carbons (Fsp3) is 0.800. The van der Waals surface area contributed by atoms with E-state index in [2.05, 4.69) is 21.8 Å². The van der Waals surface area contributed by atoms with Gasteiger partial charge in [-0.15, -0.1) is 11.6 Å². The molecule has 0 N–H and O–H groups in total. The van der Waals surface area contributed by atoms with Crippen molar-refractivity contribution in [3.8, 4) is 0 Å². The van der Waals surface area contributed by atoms with Crippen LogP contribution in [0.3, 0.4) is 0 Å². The first-order valence-electron chi connectivity index (χ1n) is 7.71.